The number of aromatic nitrogens is 1. The Bertz CT molecular complexity index is 821. The average molecular weight is 312 g/mol. The normalized spacial score (nSPS) is 16.8. The van der Waals surface area contributed by atoms with Crippen LogP contribution in [-0.4, -0.2) is 10.9 Å². The molecule has 1 aromatic carbocycles. The Labute approximate surface area is 130 Å². The zero-order valence-electron chi connectivity index (χ0n) is 11.3. The number of anilines is 1. The first-order valence-electron chi connectivity index (χ1n) is 6.65. The standard InChI is InChI=1S/C16H12N2OS2/c1-9-12-6-10(2-3-13(12)17-15(9)19)14-8-21-16(18-14)11-4-5-20-7-11/h2-9H,1H3,(H,17,19). The van der Waals surface area contributed by atoms with E-state index in [9.17, 15) is 4.79 Å². The molecule has 0 aliphatic carbocycles. The number of carbonyl (C=O) groups excluding carboxylic acids is 1. The predicted octanol–water partition coefficient (Wildman–Crippen LogP) is 4.59. The molecule has 1 atom stereocenters. The summed E-state index contributed by atoms with van der Waals surface area (Å²) in [5.74, 6) is -0.0191. The number of hydrogen-bond acceptors (Lipinski definition) is 4. The molecule has 1 N–H and O–H groups in total. The number of amides is 1. The van der Waals surface area contributed by atoms with Crippen molar-refractivity contribution in [3.8, 4) is 21.8 Å². The molecule has 2 aromatic heterocycles. The second-order valence-corrected chi connectivity index (χ2v) is 6.70. The minimum Gasteiger partial charge on any atom is -0.325 e. The number of nitrogens with one attached hydrogen (secondary N) is 1. The van der Waals surface area contributed by atoms with E-state index in [0.29, 0.717) is 0 Å². The summed E-state index contributed by atoms with van der Waals surface area (Å²) in [5.41, 5.74) is 5.18. The molecule has 0 saturated heterocycles. The molecule has 0 bridgehead atoms. The lowest BCUT2D eigenvalue weighted by atomic mass is 10.00. The van der Waals surface area contributed by atoms with Crippen molar-refractivity contribution < 1.29 is 4.79 Å². The van der Waals surface area contributed by atoms with Gasteiger partial charge in [-0.1, -0.05) is 6.07 Å². The number of benzene rings is 1. The molecular formula is C16H12N2OS2. The van der Waals surface area contributed by atoms with E-state index in [0.717, 1.165) is 27.5 Å². The van der Waals surface area contributed by atoms with Crippen LogP contribution in [0.5, 0.6) is 0 Å². The Morgan fingerprint density at radius 1 is 1.19 bits per heavy atom. The predicted molar refractivity (Wildman–Crippen MR) is 87.9 cm³/mol. The molecule has 1 unspecified atom stereocenters. The number of fused-ring (bicyclic) bond motifs is 1. The van der Waals surface area contributed by atoms with Crippen molar-refractivity contribution in [2.24, 2.45) is 0 Å². The van der Waals surface area contributed by atoms with Crippen molar-refractivity contribution in [1.29, 1.82) is 0 Å². The smallest absolute Gasteiger partial charge is 0.231 e. The van der Waals surface area contributed by atoms with Crippen molar-refractivity contribution >= 4 is 34.3 Å². The maximum absolute atomic E-state index is 11.7. The summed E-state index contributed by atoms with van der Waals surface area (Å²) < 4.78 is 0. The Kier molecular flexibility index (Phi) is 2.90. The van der Waals surface area contributed by atoms with E-state index in [1.165, 1.54) is 5.56 Å². The van der Waals surface area contributed by atoms with E-state index < -0.39 is 0 Å². The van der Waals surface area contributed by atoms with Gasteiger partial charge in [0.2, 0.25) is 5.91 Å². The van der Waals surface area contributed by atoms with E-state index in [4.69, 9.17) is 4.98 Å². The maximum atomic E-state index is 11.7. The summed E-state index contributed by atoms with van der Waals surface area (Å²) in [6.07, 6.45) is 0. The van der Waals surface area contributed by atoms with Gasteiger partial charge in [0.15, 0.2) is 0 Å². The summed E-state index contributed by atoms with van der Waals surface area (Å²) >= 11 is 3.33. The Hall–Kier alpha value is -1.98. The molecule has 3 nitrogen and oxygen atoms in total. The van der Waals surface area contributed by atoms with Crippen molar-refractivity contribution in [3.05, 3.63) is 46.0 Å². The van der Waals surface area contributed by atoms with Crippen molar-refractivity contribution in [2.45, 2.75) is 12.8 Å². The highest BCUT2D eigenvalue weighted by Crippen LogP contribution is 2.36. The second kappa shape index (κ2) is 4.79. The van der Waals surface area contributed by atoms with Crippen LogP contribution in [-0.2, 0) is 4.79 Å². The zero-order valence-corrected chi connectivity index (χ0v) is 12.9. The molecule has 21 heavy (non-hydrogen) atoms. The number of nitrogens with zero attached hydrogens (tertiary/aromatic N) is 1. The average Bonchev–Trinajstić information content (AvgIpc) is 3.20. The van der Waals surface area contributed by atoms with Gasteiger partial charge in [0.05, 0.1) is 11.6 Å². The summed E-state index contributed by atoms with van der Waals surface area (Å²) in [4.78, 5) is 16.4. The number of thiazole rings is 1. The summed E-state index contributed by atoms with van der Waals surface area (Å²) in [7, 11) is 0. The van der Waals surface area contributed by atoms with Crippen LogP contribution in [0.25, 0.3) is 21.8 Å². The second-order valence-electron chi connectivity index (χ2n) is 5.06. The first-order chi connectivity index (χ1) is 10.2. The number of hydrogen-bond donors (Lipinski definition) is 1. The molecule has 0 fully saturated rings. The Balaban J connectivity index is 1.74. The van der Waals surface area contributed by atoms with Crippen LogP contribution in [0.15, 0.2) is 40.4 Å². The van der Waals surface area contributed by atoms with Crippen LogP contribution in [0.3, 0.4) is 0 Å². The van der Waals surface area contributed by atoms with E-state index in [1.807, 2.05) is 19.1 Å². The van der Waals surface area contributed by atoms with Crippen molar-refractivity contribution in [2.75, 3.05) is 5.32 Å². The molecule has 0 radical (unpaired) electrons. The van der Waals surface area contributed by atoms with Gasteiger partial charge in [-0.05, 0) is 36.1 Å². The number of thiophene rings is 1. The van der Waals surface area contributed by atoms with Gasteiger partial charge in [-0.25, -0.2) is 4.98 Å². The van der Waals surface area contributed by atoms with E-state index in [-0.39, 0.29) is 11.8 Å². The molecule has 5 heteroatoms. The monoisotopic (exact) mass is 312 g/mol. The third kappa shape index (κ3) is 2.09. The SMILES string of the molecule is CC1C(=O)Nc2ccc(-c3csc(-c4ccsc4)n3)cc21. The van der Waals surface area contributed by atoms with Crippen LogP contribution < -0.4 is 5.32 Å². The molecule has 3 aromatic rings. The van der Waals surface area contributed by atoms with Crippen LogP contribution in [0.1, 0.15) is 18.4 Å². The highest BCUT2D eigenvalue weighted by molar-refractivity contribution is 7.14. The maximum Gasteiger partial charge on any atom is 0.231 e. The highest BCUT2D eigenvalue weighted by Gasteiger charge is 2.26. The fraction of sp³-hybridized carbons (Fsp3) is 0.125. The summed E-state index contributed by atoms with van der Waals surface area (Å²) in [5, 5.41) is 10.2. The molecule has 0 saturated carbocycles. The molecule has 104 valence electrons. The molecule has 1 aliphatic heterocycles. The fourth-order valence-corrected chi connectivity index (χ4v) is 4.04. The van der Waals surface area contributed by atoms with Gasteiger partial charge in [-0.2, -0.15) is 11.3 Å². The van der Waals surface area contributed by atoms with Gasteiger partial charge in [-0.3, -0.25) is 4.79 Å². The minimum atomic E-state index is -0.0880. The van der Waals surface area contributed by atoms with Gasteiger partial charge in [0.25, 0.3) is 0 Å². The lowest BCUT2D eigenvalue weighted by molar-refractivity contribution is -0.116. The van der Waals surface area contributed by atoms with Crippen LogP contribution in [0.2, 0.25) is 0 Å². The van der Waals surface area contributed by atoms with Gasteiger partial charge < -0.3 is 5.32 Å². The topological polar surface area (TPSA) is 42.0 Å². The first-order valence-corrected chi connectivity index (χ1v) is 8.48. The van der Waals surface area contributed by atoms with E-state index in [2.05, 4.69) is 33.6 Å². The van der Waals surface area contributed by atoms with Gasteiger partial charge in [0, 0.05) is 27.6 Å². The van der Waals surface area contributed by atoms with Crippen LogP contribution in [0, 0.1) is 0 Å². The molecule has 0 spiro atoms. The molecular weight excluding hydrogens is 300 g/mol. The fourth-order valence-electron chi connectivity index (χ4n) is 2.50. The van der Waals surface area contributed by atoms with Crippen LogP contribution in [0.4, 0.5) is 5.69 Å². The quantitative estimate of drug-likeness (QED) is 0.751. The van der Waals surface area contributed by atoms with Crippen molar-refractivity contribution in [1.82, 2.24) is 4.98 Å². The van der Waals surface area contributed by atoms with Gasteiger partial charge >= 0.3 is 0 Å². The summed E-state index contributed by atoms with van der Waals surface area (Å²) in [6.45, 7) is 1.93. The van der Waals surface area contributed by atoms with Crippen LogP contribution >= 0.6 is 22.7 Å². The molecule has 4 rings (SSSR count). The summed E-state index contributed by atoms with van der Waals surface area (Å²) in [6, 6.07) is 8.14. The molecule has 1 aliphatic rings. The minimum absolute atomic E-state index is 0.0689. The molecule has 1 amide bonds. The van der Waals surface area contributed by atoms with E-state index >= 15 is 0 Å². The number of rotatable bonds is 2. The largest absolute Gasteiger partial charge is 0.325 e. The Morgan fingerprint density at radius 2 is 2.10 bits per heavy atom. The van der Waals surface area contributed by atoms with Crippen molar-refractivity contribution in [3.63, 3.8) is 0 Å². The van der Waals surface area contributed by atoms with Gasteiger partial charge in [-0.15, -0.1) is 11.3 Å². The third-order valence-corrected chi connectivity index (χ3v) is 5.31. The molecule has 3 heterocycles. The zero-order chi connectivity index (χ0) is 14.4. The lowest BCUT2D eigenvalue weighted by Crippen LogP contribution is -2.08. The van der Waals surface area contributed by atoms with Gasteiger partial charge in [0.1, 0.15) is 5.01 Å². The highest BCUT2D eigenvalue weighted by atomic mass is 32.1. The Morgan fingerprint density at radius 3 is 2.90 bits per heavy atom. The third-order valence-electron chi connectivity index (χ3n) is 3.74. The number of carbonyl (C=O) groups is 1. The lowest BCUT2D eigenvalue weighted by Gasteiger charge is -2.03. The first kappa shape index (κ1) is 12.7. The van der Waals surface area contributed by atoms with E-state index in [1.54, 1.807) is 22.7 Å².